The molecule has 3 nitrogen and oxygen atoms in total. The Morgan fingerprint density at radius 1 is 0.893 bits per heavy atom. The Morgan fingerprint density at radius 3 is 2.14 bits per heavy atom. The Hall–Kier alpha value is -1.65. The van der Waals surface area contributed by atoms with Gasteiger partial charge in [0.1, 0.15) is 0 Å². The van der Waals surface area contributed by atoms with Gasteiger partial charge in [0.05, 0.1) is 5.92 Å². The van der Waals surface area contributed by atoms with Crippen molar-refractivity contribution in [1.82, 2.24) is 10.2 Å². The van der Waals surface area contributed by atoms with Gasteiger partial charge in [0.15, 0.2) is 0 Å². The highest BCUT2D eigenvalue weighted by atomic mass is 79.9. The molecule has 1 N–H and O–H groups in total. The van der Waals surface area contributed by atoms with Crippen molar-refractivity contribution in [2.24, 2.45) is 5.92 Å². The second-order valence-electron chi connectivity index (χ2n) is 8.75. The molecular weight excluding hydrogens is 412 g/mol. The van der Waals surface area contributed by atoms with Crippen LogP contribution in [0.1, 0.15) is 48.6 Å². The van der Waals surface area contributed by atoms with Gasteiger partial charge < -0.3 is 5.32 Å². The summed E-state index contributed by atoms with van der Waals surface area (Å²) in [6.45, 7) is 3.11. The SMILES string of the molecule is O=C1NCC2(N3CCCC3)CC(c3ccccc3)C1C(c1ccc(Br)cc1)C2. The Kier molecular flexibility index (Phi) is 4.80. The van der Waals surface area contributed by atoms with E-state index in [0.717, 1.165) is 36.9 Å². The number of rotatable bonds is 3. The lowest BCUT2D eigenvalue weighted by Gasteiger charge is -2.49. The van der Waals surface area contributed by atoms with Gasteiger partial charge >= 0.3 is 0 Å². The number of benzene rings is 2. The van der Waals surface area contributed by atoms with Crippen LogP contribution >= 0.6 is 15.9 Å². The van der Waals surface area contributed by atoms with Gasteiger partial charge in [-0.15, -0.1) is 0 Å². The summed E-state index contributed by atoms with van der Waals surface area (Å²) in [5.41, 5.74) is 2.68. The van der Waals surface area contributed by atoms with Gasteiger partial charge in [0.25, 0.3) is 0 Å². The molecule has 3 heterocycles. The second-order valence-corrected chi connectivity index (χ2v) is 9.66. The molecule has 4 fully saturated rings. The molecule has 1 saturated carbocycles. The molecule has 28 heavy (non-hydrogen) atoms. The minimum Gasteiger partial charge on any atom is -0.354 e. The lowest BCUT2D eigenvalue weighted by molar-refractivity contribution is -0.125. The van der Waals surface area contributed by atoms with E-state index in [1.165, 1.54) is 24.0 Å². The summed E-state index contributed by atoms with van der Waals surface area (Å²) in [7, 11) is 0. The molecule has 2 aromatic carbocycles. The van der Waals surface area contributed by atoms with Crippen LogP contribution in [0.15, 0.2) is 59.1 Å². The molecule has 146 valence electrons. The summed E-state index contributed by atoms with van der Waals surface area (Å²) in [6.07, 6.45) is 4.70. The smallest absolute Gasteiger partial charge is 0.224 e. The summed E-state index contributed by atoms with van der Waals surface area (Å²) < 4.78 is 1.09. The minimum absolute atomic E-state index is 0.00167. The molecule has 1 aliphatic carbocycles. The Balaban J connectivity index is 1.62. The van der Waals surface area contributed by atoms with Crippen LogP contribution in [0.25, 0.3) is 0 Å². The average molecular weight is 439 g/mol. The lowest BCUT2D eigenvalue weighted by atomic mass is 9.61. The van der Waals surface area contributed by atoms with Gasteiger partial charge in [-0.1, -0.05) is 58.4 Å². The fraction of sp³-hybridized carbons (Fsp3) is 0.458. The molecule has 0 spiro atoms. The van der Waals surface area contributed by atoms with E-state index in [4.69, 9.17) is 0 Å². The third-order valence-corrected chi connectivity index (χ3v) is 7.79. The van der Waals surface area contributed by atoms with Gasteiger partial charge in [-0.3, -0.25) is 9.69 Å². The van der Waals surface area contributed by atoms with E-state index in [1.54, 1.807) is 0 Å². The van der Waals surface area contributed by atoms with Gasteiger partial charge in [0.2, 0.25) is 5.91 Å². The van der Waals surface area contributed by atoms with Crippen molar-refractivity contribution in [2.45, 2.75) is 43.1 Å². The number of hydrogen-bond acceptors (Lipinski definition) is 2. The van der Waals surface area contributed by atoms with Gasteiger partial charge in [0, 0.05) is 16.6 Å². The van der Waals surface area contributed by atoms with Crippen LogP contribution in [-0.2, 0) is 4.79 Å². The minimum atomic E-state index is 0.00167. The third kappa shape index (κ3) is 3.11. The van der Waals surface area contributed by atoms with Crippen molar-refractivity contribution in [3.8, 4) is 0 Å². The van der Waals surface area contributed by atoms with Crippen LogP contribution in [0, 0.1) is 5.92 Å². The van der Waals surface area contributed by atoms with E-state index >= 15 is 0 Å². The fourth-order valence-corrected chi connectivity index (χ4v) is 6.20. The van der Waals surface area contributed by atoms with Crippen molar-refractivity contribution >= 4 is 21.8 Å². The molecule has 2 aromatic rings. The lowest BCUT2D eigenvalue weighted by Crippen LogP contribution is -2.55. The van der Waals surface area contributed by atoms with E-state index < -0.39 is 0 Å². The summed E-state index contributed by atoms with van der Waals surface area (Å²) in [5.74, 6) is 0.768. The normalized spacial score (nSPS) is 32.9. The van der Waals surface area contributed by atoms with Crippen LogP contribution < -0.4 is 5.32 Å². The van der Waals surface area contributed by atoms with Crippen LogP contribution in [0.4, 0.5) is 0 Å². The molecule has 6 rings (SSSR count). The summed E-state index contributed by atoms with van der Waals surface area (Å²) >= 11 is 3.56. The second kappa shape index (κ2) is 7.31. The predicted molar refractivity (Wildman–Crippen MR) is 115 cm³/mol. The zero-order chi connectivity index (χ0) is 19.1. The maximum absolute atomic E-state index is 13.3. The highest BCUT2D eigenvalue weighted by Gasteiger charge is 2.54. The maximum Gasteiger partial charge on any atom is 0.224 e. The number of nitrogens with zero attached hydrogens (tertiary/aromatic N) is 1. The van der Waals surface area contributed by atoms with Crippen LogP contribution in [0.3, 0.4) is 0 Å². The standard InChI is InChI=1S/C24H27BrN2O/c25-19-10-8-18(9-11-19)21-15-24(27-12-4-5-13-27)14-20(17-6-2-1-3-7-17)22(21)23(28)26-16-24/h1-3,6-11,20-22H,4-5,12-16H2,(H,26,28). The molecule has 3 aliphatic heterocycles. The Morgan fingerprint density at radius 2 is 1.50 bits per heavy atom. The first kappa shape index (κ1) is 18.4. The number of halogens is 1. The molecular formula is C24H27BrN2O. The van der Waals surface area contributed by atoms with E-state index in [2.05, 4.69) is 80.7 Å². The number of nitrogens with one attached hydrogen (secondary N) is 1. The van der Waals surface area contributed by atoms with E-state index in [1.807, 2.05) is 0 Å². The van der Waals surface area contributed by atoms with Crippen molar-refractivity contribution in [2.75, 3.05) is 19.6 Å². The molecule has 3 saturated heterocycles. The molecule has 1 amide bonds. The number of hydrogen-bond donors (Lipinski definition) is 1. The summed E-state index contributed by atoms with van der Waals surface area (Å²) in [6, 6.07) is 19.4. The first-order valence-electron chi connectivity index (χ1n) is 10.5. The third-order valence-electron chi connectivity index (χ3n) is 7.26. The topological polar surface area (TPSA) is 32.3 Å². The largest absolute Gasteiger partial charge is 0.354 e. The van der Waals surface area contributed by atoms with Crippen molar-refractivity contribution in [3.05, 3.63) is 70.2 Å². The summed E-state index contributed by atoms with van der Waals surface area (Å²) in [5, 5.41) is 3.35. The van der Waals surface area contributed by atoms with Crippen LogP contribution in [0.5, 0.6) is 0 Å². The van der Waals surface area contributed by atoms with E-state index in [0.29, 0.717) is 0 Å². The van der Waals surface area contributed by atoms with Crippen molar-refractivity contribution < 1.29 is 4.79 Å². The van der Waals surface area contributed by atoms with E-state index in [-0.39, 0.29) is 29.2 Å². The molecule has 4 atom stereocenters. The van der Waals surface area contributed by atoms with Gasteiger partial charge in [-0.05, 0) is 73.9 Å². The van der Waals surface area contributed by atoms with Gasteiger partial charge in [-0.25, -0.2) is 0 Å². The molecule has 0 aromatic heterocycles. The quantitative estimate of drug-likeness (QED) is 0.753. The number of fused-ring (bicyclic) bond motifs is 4. The van der Waals surface area contributed by atoms with Crippen LogP contribution in [-0.4, -0.2) is 36.0 Å². The summed E-state index contributed by atoms with van der Waals surface area (Å²) in [4.78, 5) is 16.0. The zero-order valence-electron chi connectivity index (χ0n) is 16.1. The number of amides is 1. The van der Waals surface area contributed by atoms with Crippen molar-refractivity contribution in [3.63, 3.8) is 0 Å². The first-order chi connectivity index (χ1) is 13.7. The highest BCUT2D eigenvalue weighted by molar-refractivity contribution is 9.10. The molecule has 0 radical (unpaired) electrons. The Labute approximate surface area is 175 Å². The predicted octanol–water partition coefficient (Wildman–Crippen LogP) is 4.69. The molecule has 4 unspecified atom stereocenters. The number of likely N-dealkylation sites (tertiary alicyclic amines) is 1. The first-order valence-corrected chi connectivity index (χ1v) is 11.3. The fourth-order valence-electron chi connectivity index (χ4n) is 5.94. The van der Waals surface area contributed by atoms with Gasteiger partial charge in [-0.2, -0.15) is 0 Å². The molecule has 4 aliphatic rings. The van der Waals surface area contributed by atoms with Crippen molar-refractivity contribution in [1.29, 1.82) is 0 Å². The zero-order valence-corrected chi connectivity index (χ0v) is 17.7. The molecule has 2 bridgehead atoms. The average Bonchev–Trinajstić information content (AvgIpc) is 3.19. The number of carbonyl (C=O) groups is 1. The Bertz CT molecular complexity index is 847. The monoisotopic (exact) mass is 438 g/mol. The number of carbonyl (C=O) groups excluding carboxylic acids is 1. The highest BCUT2D eigenvalue weighted by Crippen LogP contribution is 2.54. The maximum atomic E-state index is 13.3. The van der Waals surface area contributed by atoms with Crippen LogP contribution in [0.2, 0.25) is 0 Å². The molecule has 4 heteroatoms. The van der Waals surface area contributed by atoms with E-state index in [9.17, 15) is 4.79 Å².